The molecule has 3 atom stereocenters. The smallest absolute Gasteiger partial charge is 0.410 e. The number of amides is 3. The summed E-state index contributed by atoms with van der Waals surface area (Å²) < 4.78 is 22.0. The minimum Gasteiger partial charge on any atom is -0.467 e. The van der Waals surface area contributed by atoms with E-state index in [0.29, 0.717) is 32.2 Å². The molecule has 262 valence electrons. The molecule has 1 saturated carbocycles. The number of carbonyl (C=O) groups excluding carboxylic acids is 5. The first kappa shape index (κ1) is 37.8. The molecule has 1 unspecified atom stereocenters. The first-order valence-corrected chi connectivity index (χ1v) is 16.5. The quantitative estimate of drug-likeness (QED) is 0.234. The predicted molar refractivity (Wildman–Crippen MR) is 174 cm³/mol. The van der Waals surface area contributed by atoms with Crippen molar-refractivity contribution >= 4 is 29.8 Å². The second-order valence-corrected chi connectivity index (χ2v) is 14.5. The van der Waals surface area contributed by atoms with E-state index in [-0.39, 0.29) is 32.1 Å². The van der Waals surface area contributed by atoms with E-state index in [2.05, 4.69) is 10.6 Å². The largest absolute Gasteiger partial charge is 0.467 e. The molecule has 0 bridgehead atoms. The van der Waals surface area contributed by atoms with E-state index < -0.39 is 58.6 Å². The second kappa shape index (κ2) is 16.4. The molecule has 1 saturated heterocycles. The van der Waals surface area contributed by atoms with E-state index in [0.717, 1.165) is 18.4 Å². The number of benzene rings is 1. The van der Waals surface area contributed by atoms with Crippen LogP contribution in [-0.2, 0) is 44.7 Å². The van der Waals surface area contributed by atoms with Crippen LogP contribution in [0.1, 0.15) is 92.1 Å². The number of nitrogens with zero attached hydrogens (tertiary/aromatic N) is 1. The molecule has 1 aliphatic heterocycles. The standard InChI is InChI=1S/C35H53N3O9/c1-33(2,3)46-29(40)25(21-36-28(39)27-16-13-19-38(27)32(43)47-34(4,5)6)20-35(17-11-12-18-35)31(42)37-26(30(41)44-7)23-45-22-24-14-9-8-10-15-24/h8-10,14-15,25-27H,11-13,16-23H2,1-7H3,(H,36,39)(H,37,42)/t25?,26-,27-/m0/s1. The van der Waals surface area contributed by atoms with Gasteiger partial charge in [0.25, 0.3) is 0 Å². The highest BCUT2D eigenvalue weighted by Gasteiger charge is 2.46. The molecule has 1 aromatic carbocycles. The maximum absolute atomic E-state index is 14.0. The number of rotatable bonds is 13. The third kappa shape index (κ3) is 11.5. The van der Waals surface area contributed by atoms with Gasteiger partial charge in [0.15, 0.2) is 6.04 Å². The van der Waals surface area contributed by atoms with Crippen LogP contribution >= 0.6 is 0 Å². The topological polar surface area (TPSA) is 150 Å². The third-order valence-corrected chi connectivity index (χ3v) is 8.31. The Bertz CT molecular complexity index is 1230. The molecule has 12 nitrogen and oxygen atoms in total. The fourth-order valence-electron chi connectivity index (χ4n) is 6.08. The summed E-state index contributed by atoms with van der Waals surface area (Å²) in [5.74, 6) is -2.80. The highest BCUT2D eigenvalue weighted by molar-refractivity contribution is 5.89. The Kier molecular flexibility index (Phi) is 13.2. The van der Waals surface area contributed by atoms with Crippen molar-refractivity contribution in [2.24, 2.45) is 11.3 Å². The zero-order valence-corrected chi connectivity index (χ0v) is 29.0. The van der Waals surface area contributed by atoms with Gasteiger partial charge in [0.1, 0.15) is 17.2 Å². The van der Waals surface area contributed by atoms with Crippen molar-refractivity contribution in [2.45, 2.75) is 116 Å². The van der Waals surface area contributed by atoms with Gasteiger partial charge in [0.05, 0.1) is 31.7 Å². The zero-order chi connectivity index (χ0) is 34.8. The SMILES string of the molecule is COC(=O)[C@H](COCc1ccccc1)NC(=O)C1(CC(CNC(=O)[C@@H]2CCCN2C(=O)OC(C)(C)C)C(=O)OC(C)(C)C)CCCC1. The molecule has 12 heteroatoms. The van der Waals surface area contributed by atoms with Crippen LogP contribution in [-0.4, -0.2) is 84.8 Å². The van der Waals surface area contributed by atoms with Gasteiger partial charge in [0, 0.05) is 13.1 Å². The molecular weight excluding hydrogens is 606 g/mol. The lowest BCUT2D eigenvalue weighted by Crippen LogP contribution is -2.52. The number of likely N-dealkylation sites (tertiary alicyclic amines) is 1. The van der Waals surface area contributed by atoms with Crippen molar-refractivity contribution in [3.8, 4) is 0 Å². The third-order valence-electron chi connectivity index (χ3n) is 8.31. The molecule has 1 heterocycles. The molecule has 3 rings (SSSR count). The number of hydrogen-bond donors (Lipinski definition) is 2. The molecule has 1 aliphatic carbocycles. The van der Waals surface area contributed by atoms with Crippen LogP contribution in [0.3, 0.4) is 0 Å². The van der Waals surface area contributed by atoms with Gasteiger partial charge in [-0.3, -0.25) is 19.3 Å². The predicted octanol–water partition coefficient (Wildman–Crippen LogP) is 4.29. The number of esters is 2. The fourth-order valence-corrected chi connectivity index (χ4v) is 6.08. The first-order valence-electron chi connectivity index (χ1n) is 16.5. The zero-order valence-electron chi connectivity index (χ0n) is 29.0. The van der Waals surface area contributed by atoms with E-state index in [1.165, 1.54) is 12.0 Å². The highest BCUT2D eigenvalue weighted by atomic mass is 16.6. The fraction of sp³-hybridized carbons (Fsp3) is 0.686. The summed E-state index contributed by atoms with van der Waals surface area (Å²) in [5, 5.41) is 5.71. The normalized spacial score (nSPS) is 19.0. The minimum absolute atomic E-state index is 0.0813. The Labute approximate surface area is 278 Å². The van der Waals surface area contributed by atoms with Gasteiger partial charge in [-0.05, 0) is 79.2 Å². The van der Waals surface area contributed by atoms with Crippen LogP contribution < -0.4 is 10.6 Å². The maximum atomic E-state index is 14.0. The van der Waals surface area contributed by atoms with Gasteiger partial charge in [0.2, 0.25) is 11.8 Å². The van der Waals surface area contributed by atoms with E-state index >= 15 is 0 Å². The Morgan fingerprint density at radius 1 is 0.915 bits per heavy atom. The Balaban J connectivity index is 1.74. The van der Waals surface area contributed by atoms with Crippen LogP contribution in [0.25, 0.3) is 0 Å². The van der Waals surface area contributed by atoms with Crippen LogP contribution in [0.2, 0.25) is 0 Å². The molecule has 2 fully saturated rings. The molecule has 0 spiro atoms. The number of methoxy groups -OCH3 is 1. The molecular formula is C35H53N3O9. The van der Waals surface area contributed by atoms with Crippen molar-refractivity contribution in [1.29, 1.82) is 0 Å². The van der Waals surface area contributed by atoms with Gasteiger partial charge in [-0.15, -0.1) is 0 Å². The van der Waals surface area contributed by atoms with Gasteiger partial charge in [-0.25, -0.2) is 9.59 Å². The van der Waals surface area contributed by atoms with Crippen LogP contribution in [0, 0.1) is 11.3 Å². The van der Waals surface area contributed by atoms with Crippen molar-refractivity contribution in [2.75, 3.05) is 26.8 Å². The van der Waals surface area contributed by atoms with Gasteiger partial charge < -0.3 is 29.6 Å². The maximum Gasteiger partial charge on any atom is 0.410 e. The number of carbonyl (C=O) groups is 5. The van der Waals surface area contributed by atoms with Gasteiger partial charge >= 0.3 is 18.0 Å². The summed E-state index contributed by atoms with van der Waals surface area (Å²) in [6, 6.07) is 7.69. The van der Waals surface area contributed by atoms with Crippen LogP contribution in [0.15, 0.2) is 30.3 Å². The molecule has 0 radical (unpaired) electrons. The molecule has 3 amide bonds. The van der Waals surface area contributed by atoms with Crippen molar-refractivity contribution in [1.82, 2.24) is 15.5 Å². The molecule has 2 N–H and O–H groups in total. The summed E-state index contributed by atoms with van der Waals surface area (Å²) in [5.41, 5.74) is -1.56. The van der Waals surface area contributed by atoms with Gasteiger partial charge in [-0.2, -0.15) is 0 Å². The molecule has 2 aliphatic rings. The summed E-state index contributed by atoms with van der Waals surface area (Å²) >= 11 is 0. The minimum atomic E-state index is -1.05. The summed E-state index contributed by atoms with van der Waals surface area (Å²) in [6.45, 7) is 11.0. The lowest BCUT2D eigenvalue weighted by Gasteiger charge is -2.34. The van der Waals surface area contributed by atoms with Gasteiger partial charge in [-0.1, -0.05) is 43.2 Å². The number of ether oxygens (including phenoxy) is 4. The van der Waals surface area contributed by atoms with E-state index in [1.54, 1.807) is 41.5 Å². The van der Waals surface area contributed by atoms with E-state index in [9.17, 15) is 24.0 Å². The molecule has 47 heavy (non-hydrogen) atoms. The number of nitrogens with one attached hydrogen (secondary N) is 2. The van der Waals surface area contributed by atoms with Crippen molar-refractivity contribution in [3.63, 3.8) is 0 Å². The highest BCUT2D eigenvalue weighted by Crippen LogP contribution is 2.44. The monoisotopic (exact) mass is 659 g/mol. The second-order valence-electron chi connectivity index (χ2n) is 14.5. The average Bonchev–Trinajstić information content (AvgIpc) is 3.68. The first-order chi connectivity index (χ1) is 22.0. The summed E-state index contributed by atoms with van der Waals surface area (Å²) in [7, 11) is 1.25. The lowest BCUT2D eigenvalue weighted by molar-refractivity contribution is -0.162. The van der Waals surface area contributed by atoms with Crippen molar-refractivity contribution < 1.29 is 42.9 Å². The molecule has 0 aromatic heterocycles. The van der Waals surface area contributed by atoms with E-state index in [4.69, 9.17) is 18.9 Å². The van der Waals surface area contributed by atoms with Crippen LogP contribution in [0.4, 0.5) is 4.79 Å². The Morgan fingerprint density at radius 3 is 2.15 bits per heavy atom. The lowest BCUT2D eigenvalue weighted by atomic mass is 9.76. The summed E-state index contributed by atoms with van der Waals surface area (Å²) in [6.07, 6.45) is 3.19. The summed E-state index contributed by atoms with van der Waals surface area (Å²) in [4.78, 5) is 67.8. The Hall–Kier alpha value is -3.67. The molecule has 1 aromatic rings. The van der Waals surface area contributed by atoms with Crippen molar-refractivity contribution in [3.05, 3.63) is 35.9 Å². The average molecular weight is 660 g/mol. The Morgan fingerprint density at radius 2 is 1.55 bits per heavy atom. The number of hydrogen-bond acceptors (Lipinski definition) is 9. The van der Waals surface area contributed by atoms with Crippen LogP contribution in [0.5, 0.6) is 0 Å². The van der Waals surface area contributed by atoms with E-state index in [1.807, 2.05) is 30.3 Å².